The highest BCUT2D eigenvalue weighted by Gasteiger charge is 2.43. The lowest BCUT2D eigenvalue weighted by Crippen LogP contribution is -2.19. The third-order valence-corrected chi connectivity index (χ3v) is 5.14. The fourth-order valence-electron chi connectivity index (χ4n) is 2.51. The summed E-state index contributed by atoms with van der Waals surface area (Å²) in [6, 6.07) is 2.14. The van der Waals surface area contributed by atoms with E-state index in [0.29, 0.717) is 5.76 Å². The molecule has 0 spiro atoms. The molecule has 1 aromatic carbocycles. The van der Waals surface area contributed by atoms with Crippen molar-refractivity contribution in [3.8, 4) is 0 Å². The smallest absolute Gasteiger partial charge is 0.422 e. The first-order valence-electron chi connectivity index (χ1n) is 6.94. The van der Waals surface area contributed by atoms with Gasteiger partial charge in [-0.25, -0.2) is 0 Å². The number of ketones is 1. The van der Waals surface area contributed by atoms with Crippen molar-refractivity contribution in [3.63, 3.8) is 0 Å². The summed E-state index contributed by atoms with van der Waals surface area (Å²) >= 11 is 3.77. The van der Waals surface area contributed by atoms with Gasteiger partial charge in [0.1, 0.15) is 11.8 Å². The number of carbonyl (C=O) groups is 1. The Morgan fingerprint density at radius 1 is 1.38 bits per heavy atom. The lowest BCUT2D eigenvalue weighted by Gasteiger charge is -2.17. The molecule has 128 valence electrons. The second-order valence-electron chi connectivity index (χ2n) is 5.46. The van der Waals surface area contributed by atoms with E-state index in [4.69, 9.17) is 16.1 Å². The van der Waals surface area contributed by atoms with Crippen LogP contribution in [-0.2, 0) is 17.4 Å². The molecule has 0 saturated heterocycles. The summed E-state index contributed by atoms with van der Waals surface area (Å²) in [5.74, 6) is -0.566. The molecule has 1 atom stereocenters. The van der Waals surface area contributed by atoms with Gasteiger partial charge < -0.3 is 9.08 Å². The Bertz CT molecular complexity index is 800. The first kappa shape index (κ1) is 17.3. The molecule has 9 heteroatoms. The summed E-state index contributed by atoms with van der Waals surface area (Å²) < 4.78 is 57.4. The number of rotatable bonds is 4. The van der Waals surface area contributed by atoms with Crippen LogP contribution < -0.4 is 0 Å². The van der Waals surface area contributed by atoms with Crippen molar-refractivity contribution in [3.05, 3.63) is 45.8 Å². The van der Waals surface area contributed by atoms with Crippen molar-refractivity contribution in [2.24, 2.45) is 0 Å². The van der Waals surface area contributed by atoms with Gasteiger partial charge in [-0.15, -0.1) is 0 Å². The number of carbonyl (C=O) groups excluding carboxylic acids is 1. The van der Waals surface area contributed by atoms with Crippen molar-refractivity contribution in [1.29, 1.82) is 0 Å². The van der Waals surface area contributed by atoms with Crippen LogP contribution >= 0.6 is 11.6 Å². The molecule has 3 rings (SSSR count). The van der Waals surface area contributed by atoms with Crippen LogP contribution in [-0.4, -0.2) is 21.7 Å². The van der Waals surface area contributed by atoms with Gasteiger partial charge in [0, 0.05) is 11.5 Å². The number of benzene rings is 1. The van der Waals surface area contributed by atoms with Gasteiger partial charge in [0.05, 0.1) is 16.8 Å². The Balaban J connectivity index is 2.18. The molecule has 0 bridgehead atoms. The van der Waals surface area contributed by atoms with Crippen LogP contribution in [0.15, 0.2) is 27.7 Å². The highest BCUT2D eigenvalue weighted by atomic mass is 35.5. The number of hydrogen-bond acceptors (Lipinski definition) is 4. The van der Waals surface area contributed by atoms with Gasteiger partial charge >= 0.3 is 6.18 Å². The Labute approximate surface area is 143 Å². The van der Waals surface area contributed by atoms with Crippen LogP contribution in [0.3, 0.4) is 0 Å². The molecule has 1 fully saturated rings. The van der Waals surface area contributed by atoms with Gasteiger partial charge in [-0.1, -0.05) is 16.8 Å². The van der Waals surface area contributed by atoms with Crippen LogP contribution in [0, 0.1) is 0 Å². The van der Waals surface area contributed by atoms with Crippen molar-refractivity contribution in [1.82, 2.24) is 5.16 Å². The first-order valence-corrected chi connectivity index (χ1v) is 8.87. The molecule has 0 amide bonds. The largest absolute Gasteiger partial charge is 0.612 e. The van der Waals surface area contributed by atoms with E-state index < -0.39 is 39.2 Å². The molecule has 1 saturated carbocycles. The van der Waals surface area contributed by atoms with Gasteiger partial charge in [-0.3, -0.25) is 4.79 Å². The highest BCUT2D eigenvalue weighted by molar-refractivity contribution is 7.90. The van der Waals surface area contributed by atoms with E-state index in [1.54, 1.807) is 0 Å². The minimum atomic E-state index is -4.88. The maximum absolute atomic E-state index is 13.5. The van der Waals surface area contributed by atoms with E-state index in [0.717, 1.165) is 37.4 Å². The van der Waals surface area contributed by atoms with Crippen LogP contribution in [0.2, 0.25) is 5.02 Å². The van der Waals surface area contributed by atoms with Crippen LogP contribution in [0.4, 0.5) is 13.2 Å². The quantitative estimate of drug-likeness (QED) is 0.592. The van der Waals surface area contributed by atoms with Gasteiger partial charge in [0.15, 0.2) is 16.4 Å². The Morgan fingerprint density at radius 2 is 2.04 bits per heavy atom. The molecule has 1 heterocycles. The number of halogens is 4. The van der Waals surface area contributed by atoms with Crippen LogP contribution in [0.25, 0.3) is 0 Å². The fraction of sp³-hybridized carbons (Fsp3) is 0.333. The predicted octanol–water partition coefficient (Wildman–Crippen LogP) is 4.19. The molecule has 2 aromatic rings. The number of alkyl halides is 3. The normalized spacial score (nSPS) is 16.2. The standard InChI is InChI=1S/C15H11ClF3NO3S/c1-24(22)14-10(16)5-4-8(11(14)15(17,18)19)12(21)9-6-20-23-13(9)7-2-3-7/h4-7H,2-3H2,1H3. The van der Waals surface area contributed by atoms with E-state index >= 15 is 0 Å². The SMILES string of the molecule is C[S+]([O-])c1c(Cl)ccc(C(=O)c2cnoc2C2CC2)c1C(F)(F)F. The third kappa shape index (κ3) is 3.05. The molecule has 0 radical (unpaired) electrons. The molecule has 1 aliphatic rings. The third-order valence-electron chi connectivity index (χ3n) is 3.72. The predicted molar refractivity (Wildman–Crippen MR) is 80.7 cm³/mol. The van der Waals surface area contributed by atoms with E-state index in [1.165, 1.54) is 0 Å². The molecule has 1 unspecified atom stereocenters. The van der Waals surface area contributed by atoms with Crippen molar-refractivity contribution < 1.29 is 27.0 Å². The maximum atomic E-state index is 13.5. The number of hydrogen-bond donors (Lipinski definition) is 0. The van der Waals surface area contributed by atoms with E-state index in [1.807, 2.05) is 0 Å². The monoisotopic (exact) mass is 377 g/mol. The topological polar surface area (TPSA) is 66.2 Å². The van der Waals surface area contributed by atoms with Crippen molar-refractivity contribution >= 4 is 28.6 Å². The summed E-state index contributed by atoms with van der Waals surface area (Å²) in [7, 11) is 0. The van der Waals surface area contributed by atoms with Crippen molar-refractivity contribution in [2.75, 3.05) is 6.26 Å². The lowest BCUT2D eigenvalue weighted by atomic mass is 9.97. The zero-order valence-electron chi connectivity index (χ0n) is 12.3. The van der Waals surface area contributed by atoms with Gasteiger partial charge in [-0.2, -0.15) is 13.2 Å². The van der Waals surface area contributed by atoms with Gasteiger partial charge in [-0.05, 0) is 36.2 Å². The van der Waals surface area contributed by atoms with E-state index in [-0.39, 0.29) is 16.5 Å². The Hall–Kier alpha value is -1.51. The summed E-state index contributed by atoms with van der Waals surface area (Å²) in [4.78, 5) is 12.1. The lowest BCUT2D eigenvalue weighted by molar-refractivity contribution is -0.140. The van der Waals surface area contributed by atoms with Gasteiger partial charge in [0.25, 0.3) is 0 Å². The molecule has 4 nitrogen and oxygen atoms in total. The summed E-state index contributed by atoms with van der Waals surface area (Å²) in [5, 5.41) is 3.24. The highest BCUT2D eigenvalue weighted by Crippen LogP contribution is 2.44. The maximum Gasteiger partial charge on any atom is 0.422 e. The van der Waals surface area contributed by atoms with Gasteiger partial charge in [0.2, 0.25) is 0 Å². The summed E-state index contributed by atoms with van der Waals surface area (Å²) in [5.41, 5.74) is -1.89. The number of nitrogens with zero attached hydrogens (tertiary/aromatic N) is 1. The summed E-state index contributed by atoms with van der Waals surface area (Å²) in [6.07, 6.45) is -1.08. The van der Waals surface area contributed by atoms with Crippen LogP contribution in [0.5, 0.6) is 0 Å². The zero-order valence-corrected chi connectivity index (χ0v) is 13.9. The van der Waals surface area contributed by atoms with Crippen LogP contribution in [0.1, 0.15) is 46.0 Å². The minimum absolute atomic E-state index is 0.00171. The average molecular weight is 378 g/mol. The average Bonchev–Trinajstić information content (AvgIpc) is 3.22. The zero-order chi connectivity index (χ0) is 17.6. The van der Waals surface area contributed by atoms with Crippen molar-refractivity contribution in [2.45, 2.75) is 29.8 Å². The summed E-state index contributed by atoms with van der Waals surface area (Å²) in [6.45, 7) is 0. The second kappa shape index (κ2) is 6.09. The van der Waals surface area contributed by atoms with E-state index in [2.05, 4.69) is 5.16 Å². The fourth-order valence-corrected chi connectivity index (χ4v) is 3.85. The second-order valence-corrected chi connectivity index (χ2v) is 7.18. The molecular weight excluding hydrogens is 367 g/mol. The molecule has 24 heavy (non-hydrogen) atoms. The Morgan fingerprint density at radius 3 is 2.58 bits per heavy atom. The van der Waals surface area contributed by atoms with E-state index in [9.17, 15) is 22.5 Å². The Kier molecular flexibility index (Phi) is 4.39. The molecule has 0 aliphatic heterocycles. The number of aromatic nitrogens is 1. The first-order chi connectivity index (χ1) is 11.2. The minimum Gasteiger partial charge on any atom is -0.612 e. The molecule has 0 N–H and O–H groups in total. The molecular formula is C15H11ClF3NO3S. The molecule has 1 aliphatic carbocycles. The molecule has 1 aromatic heterocycles.